The zero-order valence-corrected chi connectivity index (χ0v) is 13.8. The lowest BCUT2D eigenvalue weighted by Crippen LogP contribution is -2.34. The highest BCUT2D eigenvalue weighted by Crippen LogP contribution is 2.17. The Bertz CT molecular complexity index is 370. The lowest BCUT2D eigenvalue weighted by Gasteiger charge is -2.29. The van der Waals surface area contributed by atoms with Crippen molar-refractivity contribution in [2.75, 3.05) is 26.2 Å². The summed E-state index contributed by atoms with van der Waals surface area (Å²) < 4.78 is 0. The largest absolute Gasteiger partial charge is 0.311 e. The second kappa shape index (κ2) is 8.75. The van der Waals surface area contributed by atoms with Gasteiger partial charge in [0.2, 0.25) is 0 Å². The molecule has 0 spiro atoms. The molecule has 0 bridgehead atoms. The van der Waals surface area contributed by atoms with E-state index in [0.29, 0.717) is 0 Å². The van der Waals surface area contributed by atoms with Crippen LogP contribution in [0.2, 0.25) is 0 Å². The smallest absolute Gasteiger partial charge is 0.0941 e. The van der Waals surface area contributed by atoms with Crippen LogP contribution in [0, 0.1) is 5.92 Å². The third-order valence-electron chi connectivity index (χ3n) is 4.13. The van der Waals surface area contributed by atoms with Crippen LogP contribution in [0.15, 0.2) is 5.38 Å². The molecule has 1 fully saturated rings. The Hall–Kier alpha value is -0.450. The van der Waals surface area contributed by atoms with Crippen molar-refractivity contribution in [3.8, 4) is 0 Å². The predicted molar refractivity (Wildman–Crippen MR) is 87.3 cm³/mol. The van der Waals surface area contributed by atoms with Gasteiger partial charge < -0.3 is 10.2 Å². The van der Waals surface area contributed by atoms with Crippen molar-refractivity contribution >= 4 is 11.3 Å². The van der Waals surface area contributed by atoms with E-state index in [1.807, 2.05) is 11.3 Å². The molecule has 3 nitrogen and oxygen atoms in total. The zero-order valence-electron chi connectivity index (χ0n) is 13.0. The van der Waals surface area contributed by atoms with Gasteiger partial charge >= 0.3 is 0 Å². The van der Waals surface area contributed by atoms with Crippen molar-refractivity contribution in [1.82, 2.24) is 15.2 Å². The minimum Gasteiger partial charge on any atom is -0.311 e. The minimum absolute atomic E-state index is 0.923. The molecule has 0 aliphatic carbocycles. The number of hydrogen-bond acceptors (Lipinski definition) is 4. The predicted octanol–water partition coefficient (Wildman–Crippen LogP) is 3.31. The lowest BCUT2D eigenvalue weighted by molar-refractivity contribution is 0.194. The van der Waals surface area contributed by atoms with Crippen molar-refractivity contribution in [3.05, 3.63) is 16.1 Å². The maximum absolute atomic E-state index is 4.74. The van der Waals surface area contributed by atoms with Gasteiger partial charge in [-0.2, -0.15) is 0 Å². The van der Waals surface area contributed by atoms with Gasteiger partial charge in [-0.3, -0.25) is 0 Å². The summed E-state index contributed by atoms with van der Waals surface area (Å²) in [6, 6.07) is 0. The van der Waals surface area contributed by atoms with E-state index in [1.54, 1.807) is 0 Å². The van der Waals surface area contributed by atoms with Gasteiger partial charge in [0.1, 0.15) is 0 Å². The maximum atomic E-state index is 4.74. The number of nitrogens with zero attached hydrogens (tertiary/aromatic N) is 2. The highest BCUT2D eigenvalue weighted by atomic mass is 32.1. The van der Waals surface area contributed by atoms with Crippen LogP contribution in [0.1, 0.15) is 50.2 Å². The first-order valence-electron chi connectivity index (χ1n) is 8.14. The topological polar surface area (TPSA) is 28.2 Å². The van der Waals surface area contributed by atoms with Crippen LogP contribution in [-0.2, 0) is 13.0 Å². The average molecular weight is 295 g/mol. The fourth-order valence-electron chi connectivity index (χ4n) is 2.60. The molecule has 0 atom stereocenters. The molecule has 2 heterocycles. The Kier molecular flexibility index (Phi) is 6.97. The van der Waals surface area contributed by atoms with Crippen LogP contribution in [0.25, 0.3) is 0 Å². The van der Waals surface area contributed by atoms with Crippen molar-refractivity contribution in [3.63, 3.8) is 0 Å². The Morgan fingerprint density at radius 1 is 1.40 bits per heavy atom. The molecule has 0 amide bonds. The number of hydrogen-bond donors (Lipinski definition) is 1. The fraction of sp³-hybridized carbons (Fsp3) is 0.812. The second-order valence-corrected chi connectivity index (χ2v) is 6.98. The molecule has 1 aromatic heterocycles. The SMILES string of the molecule is CCCCNCc1csc(CCN2CCC(C)CC2)n1. The number of rotatable bonds is 8. The summed E-state index contributed by atoms with van der Waals surface area (Å²) in [4.78, 5) is 7.33. The van der Waals surface area contributed by atoms with Crippen LogP contribution in [-0.4, -0.2) is 36.1 Å². The molecule has 1 saturated heterocycles. The number of nitrogens with one attached hydrogen (secondary N) is 1. The molecule has 0 saturated carbocycles. The molecule has 1 aromatic rings. The summed E-state index contributed by atoms with van der Waals surface area (Å²) in [5.74, 6) is 0.923. The molecule has 114 valence electrons. The summed E-state index contributed by atoms with van der Waals surface area (Å²) >= 11 is 1.82. The minimum atomic E-state index is 0.923. The molecule has 1 aliphatic rings. The van der Waals surface area contributed by atoms with E-state index in [1.165, 1.54) is 56.0 Å². The number of unbranched alkanes of at least 4 members (excludes halogenated alkanes) is 1. The fourth-order valence-corrected chi connectivity index (χ4v) is 3.39. The van der Waals surface area contributed by atoms with Crippen LogP contribution in [0.4, 0.5) is 0 Å². The molecular formula is C16H29N3S. The highest BCUT2D eigenvalue weighted by Gasteiger charge is 2.15. The highest BCUT2D eigenvalue weighted by molar-refractivity contribution is 7.09. The first kappa shape index (κ1) is 15.9. The van der Waals surface area contributed by atoms with E-state index in [2.05, 4.69) is 29.4 Å². The molecule has 0 aromatic carbocycles. The third kappa shape index (κ3) is 5.51. The van der Waals surface area contributed by atoms with Gasteiger partial charge in [-0.25, -0.2) is 4.98 Å². The van der Waals surface area contributed by atoms with Crippen molar-refractivity contribution < 1.29 is 0 Å². The Labute approximate surface area is 127 Å². The maximum Gasteiger partial charge on any atom is 0.0941 e. The molecule has 1 N–H and O–H groups in total. The van der Waals surface area contributed by atoms with Crippen LogP contribution in [0.3, 0.4) is 0 Å². The molecular weight excluding hydrogens is 266 g/mol. The van der Waals surface area contributed by atoms with E-state index in [0.717, 1.165) is 25.4 Å². The van der Waals surface area contributed by atoms with Crippen molar-refractivity contribution in [2.24, 2.45) is 5.92 Å². The lowest BCUT2D eigenvalue weighted by atomic mass is 9.99. The van der Waals surface area contributed by atoms with Gasteiger partial charge in [0, 0.05) is 24.9 Å². The monoisotopic (exact) mass is 295 g/mol. The quantitative estimate of drug-likeness (QED) is 0.746. The third-order valence-corrected chi connectivity index (χ3v) is 5.09. The van der Waals surface area contributed by atoms with E-state index in [4.69, 9.17) is 4.98 Å². The van der Waals surface area contributed by atoms with E-state index in [-0.39, 0.29) is 0 Å². The number of piperidine rings is 1. The first-order valence-corrected chi connectivity index (χ1v) is 9.02. The number of likely N-dealkylation sites (tertiary alicyclic amines) is 1. The summed E-state index contributed by atoms with van der Waals surface area (Å²) in [5, 5.41) is 6.98. The first-order chi connectivity index (χ1) is 9.78. The Balaban J connectivity index is 1.65. The van der Waals surface area contributed by atoms with Gasteiger partial charge in [0.15, 0.2) is 0 Å². The standard InChI is InChI=1S/C16H29N3S/c1-3-4-8-17-12-15-13-20-16(18-15)7-11-19-9-5-14(2)6-10-19/h13-14,17H,3-12H2,1-2H3. The molecule has 0 unspecified atom stereocenters. The Morgan fingerprint density at radius 2 is 2.20 bits per heavy atom. The number of aromatic nitrogens is 1. The van der Waals surface area contributed by atoms with Gasteiger partial charge in [-0.15, -0.1) is 11.3 Å². The van der Waals surface area contributed by atoms with Crippen molar-refractivity contribution in [1.29, 1.82) is 0 Å². The molecule has 0 radical (unpaired) electrons. The summed E-state index contributed by atoms with van der Waals surface area (Å²) in [7, 11) is 0. The average Bonchev–Trinajstić information content (AvgIpc) is 2.91. The van der Waals surface area contributed by atoms with Gasteiger partial charge in [-0.05, 0) is 44.8 Å². The second-order valence-electron chi connectivity index (χ2n) is 6.04. The van der Waals surface area contributed by atoms with E-state index >= 15 is 0 Å². The van der Waals surface area contributed by atoms with E-state index in [9.17, 15) is 0 Å². The van der Waals surface area contributed by atoms with Gasteiger partial charge in [0.05, 0.1) is 10.7 Å². The van der Waals surface area contributed by atoms with Crippen molar-refractivity contribution in [2.45, 2.75) is 52.5 Å². The van der Waals surface area contributed by atoms with Crippen LogP contribution in [0.5, 0.6) is 0 Å². The van der Waals surface area contributed by atoms with Crippen LogP contribution < -0.4 is 5.32 Å². The van der Waals surface area contributed by atoms with Gasteiger partial charge in [0.25, 0.3) is 0 Å². The zero-order chi connectivity index (χ0) is 14.2. The van der Waals surface area contributed by atoms with Crippen LogP contribution >= 0.6 is 11.3 Å². The summed E-state index contributed by atoms with van der Waals surface area (Å²) in [5.41, 5.74) is 1.22. The Morgan fingerprint density at radius 3 is 2.95 bits per heavy atom. The van der Waals surface area contributed by atoms with E-state index < -0.39 is 0 Å². The normalized spacial score (nSPS) is 17.7. The van der Waals surface area contributed by atoms with Gasteiger partial charge in [-0.1, -0.05) is 20.3 Å². The molecule has 4 heteroatoms. The summed E-state index contributed by atoms with van der Waals surface area (Å²) in [6.45, 7) is 10.4. The summed E-state index contributed by atoms with van der Waals surface area (Å²) in [6.07, 6.45) is 6.36. The number of thiazole rings is 1. The molecule has 2 rings (SSSR count). The molecule has 20 heavy (non-hydrogen) atoms. The molecule has 1 aliphatic heterocycles.